The van der Waals surface area contributed by atoms with Gasteiger partial charge >= 0.3 is 5.97 Å². The Hall–Kier alpha value is -2.70. The summed E-state index contributed by atoms with van der Waals surface area (Å²) in [6.07, 6.45) is 12.8. The van der Waals surface area contributed by atoms with Crippen molar-refractivity contribution in [3.8, 4) is 0 Å². The van der Waals surface area contributed by atoms with Crippen molar-refractivity contribution in [3.05, 3.63) is 71.3 Å². The number of carboxylic acids is 1. The molecule has 198 valence electrons. The molecule has 0 heterocycles. The minimum absolute atomic E-state index is 0.0285. The van der Waals surface area contributed by atoms with Crippen LogP contribution in [0.4, 0.5) is 0 Å². The second kappa shape index (κ2) is 17.7. The molecule has 2 aromatic carbocycles. The number of hydrogen-bond donors (Lipinski definition) is 1. The molecule has 0 unspecified atom stereocenters. The van der Waals surface area contributed by atoms with E-state index in [1.54, 1.807) is 9.96 Å². The van der Waals surface area contributed by atoms with Crippen LogP contribution in [0.25, 0.3) is 0 Å². The summed E-state index contributed by atoms with van der Waals surface area (Å²) < 4.78 is 0. The molecule has 6 heteroatoms. The fourth-order valence-electron chi connectivity index (χ4n) is 4.20. The molecule has 36 heavy (non-hydrogen) atoms. The van der Waals surface area contributed by atoms with E-state index in [-0.39, 0.29) is 5.91 Å². The van der Waals surface area contributed by atoms with Gasteiger partial charge in [-0.15, -0.1) is 0 Å². The maximum Gasteiger partial charge on any atom is 0.331 e. The van der Waals surface area contributed by atoms with E-state index in [0.717, 1.165) is 24.1 Å². The predicted octanol–water partition coefficient (Wildman–Crippen LogP) is 6.70. The highest BCUT2D eigenvalue weighted by atomic mass is 16.7. The number of nitrogens with zero attached hydrogens (tertiary/aromatic N) is 2. The van der Waals surface area contributed by atoms with E-state index >= 15 is 0 Å². The van der Waals surface area contributed by atoms with E-state index in [2.05, 4.69) is 6.92 Å². The van der Waals surface area contributed by atoms with Crippen molar-refractivity contribution in [3.63, 3.8) is 0 Å². The maximum atomic E-state index is 12.8. The lowest BCUT2D eigenvalue weighted by Crippen LogP contribution is -2.28. The highest BCUT2D eigenvalue weighted by Gasteiger charge is 2.13. The molecular formula is C30H44N2O4. The zero-order valence-electron chi connectivity index (χ0n) is 22.2. The van der Waals surface area contributed by atoms with Gasteiger partial charge < -0.3 is 10.0 Å². The van der Waals surface area contributed by atoms with Crippen molar-refractivity contribution in [2.24, 2.45) is 0 Å². The molecule has 0 spiro atoms. The largest absolute Gasteiger partial charge is 0.479 e. The molecule has 6 nitrogen and oxygen atoms in total. The standard InChI is InChI=1S/C30H44N2O4/c1-3-4-5-6-7-8-9-10-11-15-22-31(2)30(35)28-20-18-27(19-21-28)24-32(36-25-29(33)34)23-26-16-13-12-14-17-26/h12-14,16-21H,3-11,15,22-25H2,1-2H3,(H,33,34). The van der Waals surface area contributed by atoms with Crippen molar-refractivity contribution in [1.82, 2.24) is 9.96 Å². The van der Waals surface area contributed by atoms with Gasteiger partial charge in [0.1, 0.15) is 0 Å². The summed E-state index contributed by atoms with van der Waals surface area (Å²) in [5, 5.41) is 10.6. The Balaban J connectivity index is 1.75. The lowest BCUT2D eigenvalue weighted by molar-refractivity contribution is -0.190. The number of carboxylic acid groups (broad SMARTS) is 1. The molecule has 0 radical (unpaired) electrons. The summed E-state index contributed by atoms with van der Waals surface area (Å²) in [5.74, 6) is -0.986. The smallest absolute Gasteiger partial charge is 0.331 e. The Bertz CT molecular complexity index is 870. The number of hydrogen-bond acceptors (Lipinski definition) is 4. The molecule has 0 atom stereocenters. The fourth-order valence-corrected chi connectivity index (χ4v) is 4.20. The summed E-state index contributed by atoms with van der Waals surface area (Å²) >= 11 is 0. The van der Waals surface area contributed by atoms with Gasteiger partial charge in [0.2, 0.25) is 0 Å². The van der Waals surface area contributed by atoms with Crippen molar-refractivity contribution in [2.45, 2.75) is 84.2 Å². The van der Waals surface area contributed by atoms with Crippen molar-refractivity contribution in [1.29, 1.82) is 0 Å². The average Bonchev–Trinajstić information content (AvgIpc) is 2.89. The first-order valence-corrected chi connectivity index (χ1v) is 13.5. The van der Waals surface area contributed by atoms with Gasteiger partial charge in [-0.2, -0.15) is 5.06 Å². The van der Waals surface area contributed by atoms with Crippen molar-refractivity contribution in [2.75, 3.05) is 20.2 Å². The SMILES string of the molecule is CCCCCCCCCCCCN(C)C(=O)c1ccc(CN(Cc2ccccc2)OCC(=O)O)cc1. The number of benzene rings is 2. The third kappa shape index (κ3) is 12.3. The van der Waals surface area contributed by atoms with E-state index in [1.807, 2.05) is 61.6 Å². The van der Waals surface area contributed by atoms with Gasteiger partial charge in [-0.1, -0.05) is 107 Å². The van der Waals surface area contributed by atoms with Crippen molar-refractivity contribution >= 4 is 11.9 Å². The van der Waals surface area contributed by atoms with E-state index in [1.165, 1.54) is 57.8 Å². The van der Waals surface area contributed by atoms with Crippen LogP contribution in [0.1, 0.15) is 92.6 Å². The lowest BCUT2D eigenvalue weighted by Gasteiger charge is -2.21. The Kier molecular flexibility index (Phi) is 14.5. The first-order chi connectivity index (χ1) is 17.5. The maximum absolute atomic E-state index is 12.8. The van der Waals surface area contributed by atoms with Crippen LogP contribution in [0.5, 0.6) is 0 Å². The molecule has 0 aliphatic rings. The first kappa shape index (κ1) is 29.5. The van der Waals surface area contributed by atoms with Crippen molar-refractivity contribution < 1.29 is 19.5 Å². The number of hydroxylamine groups is 2. The molecule has 0 aliphatic heterocycles. The van der Waals surface area contributed by atoms with Crippen LogP contribution in [-0.4, -0.2) is 47.1 Å². The molecule has 2 aromatic rings. The normalized spacial score (nSPS) is 11.1. The second-order valence-corrected chi connectivity index (χ2v) is 9.56. The van der Waals surface area contributed by atoms with E-state index in [9.17, 15) is 9.59 Å². The van der Waals surface area contributed by atoms with E-state index in [0.29, 0.717) is 18.7 Å². The second-order valence-electron chi connectivity index (χ2n) is 9.56. The zero-order chi connectivity index (χ0) is 26.0. The average molecular weight is 497 g/mol. The van der Waals surface area contributed by atoms with Gasteiger partial charge in [-0.3, -0.25) is 9.63 Å². The third-order valence-corrected chi connectivity index (χ3v) is 6.33. The number of carbonyl (C=O) groups excluding carboxylic acids is 1. The number of rotatable bonds is 19. The number of amides is 1. The monoisotopic (exact) mass is 496 g/mol. The molecule has 0 bridgehead atoms. The minimum Gasteiger partial charge on any atom is -0.479 e. The van der Waals surface area contributed by atoms with Crippen LogP contribution in [0.15, 0.2) is 54.6 Å². The molecule has 0 saturated carbocycles. The van der Waals surface area contributed by atoms with Crippen LogP contribution in [0, 0.1) is 0 Å². The van der Waals surface area contributed by atoms with Crippen LogP contribution >= 0.6 is 0 Å². The Morgan fingerprint density at radius 2 is 1.28 bits per heavy atom. The Labute approximate surface area is 217 Å². The summed E-state index contributed by atoms with van der Waals surface area (Å²) in [4.78, 5) is 31.1. The molecule has 0 saturated heterocycles. The minimum atomic E-state index is -1.01. The lowest BCUT2D eigenvalue weighted by atomic mass is 10.1. The van der Waals surface area contributed by atoms with Crippen LogP contribution in [0.3, 0.4) is 0 Å². The molecule has 1 amide bonds. The van der Waals surface area contributed by atoms with Gasteiger partial charge in [0, 0.05) is 32.2 Å². The number of carbonyl (C=O) groups is 2. The Morgan fingerprint density at radius 3 is 1.83 bits per heavy atom. The highest BCUT2D eigenvalue weighted by molar-refractivity contribution is 5.94. The fraction of sp³-hybridized carbons (Fsp3) is 0.533. The summed E-state index contributed by atoms with van der Waals surface area (Å²) in [6.45, 7) is 3.51. The third-order valence-electron chi connectivity index (χ3n) is 6.33. The molecule has 0 fully saturated rings. The first-order valence-electron chi connectivity index (χ1n) is 13.5. The highest BCUT2D eigenvalue weighted by Crippen LogP contribution is 2.14. The van der Waals surface area contributed by atoms with Crippen LogP contribution in [-0.2, 0) is 22.7 Å². The molecule has 2 rings (SSSR count). The predicted molar refractivity (Wildman–Crippen MR) is 145 cm³/mol. The summed E-state index contributed by atoms with van der Waals surface area (Å²) in [5.41, 5.74) is 2.64. The molecular weight excluding hydrogens is 452 g/mol. The molecule has 0 aliphatic carbocycles. The van der Waals surface area contributed by atoms with Gasteiger partial charge in [0.25, 0.3) is 5.91 Å². The van der Waals surface area contributed by atoms with Gasteiger partial charge in [-0.25, -0.2) is 4.79 Å². The topological polar surface area (TPSA) is 70.1 Å². The summed E-state index contributed by atoms with van der Waals surface area (Å²) in [7, 11) is 1.87. The molecule has 1 N–H and O–H groups in total. The molecule has 0 aromatic heterocycles. The Morgan fingerprint density at radius 1 is 0.750 bits per heavy atom. The number of aliphatic carboxylic acids is 1. The van der Waals surface area contributed by atoms with E-state index in [4.69, 9.17) is 9.94 Å². The van der Waals surface area contributed by atoms with Gasteiger partial charge in [0.05, 0.1) is 0 Å². The number of unbranched alkanes of at least 4 members (excludes halogenated alkanes) is 9. The van der Waals surface area contributed by atoms with E-state index < -0.39 is 12.6 Å². The quantitative estimate of drug-likeness (QED) is 0.173. The van der Waals surface area contributed by atoms with Gasteiger partial charge in [-0.05, 0) is 29.7 Å². The van der Waals surface area contributed by atoms with Crippen LogP contribution < -0.4 is 0 Å². The zero-order valence-corrected chi connectivity index (χ0v) is 22.2. The van der Waals surface area contributed by atoms with Gasteiger partial charge in [0.15, 0.2) is 6.61 Å². The summed E-state index contributed by atoms with van der Waals surface area (Å²) in [6, 6.07) is 17.3. The van der Waals surface area contributed by atoms with Crippen LogP contribution in [0.2, 0.25) is 0 Å².